The first kappa shape index (κ1) is 28.1. The second-order valence-electron chi connectivity index (χ2n) is 11.9. The number of ether oxygens (including phenoxy) is 4. The van der Waals surface area contributed by atoms with Crippen molar-refractivity contribution in [1.82, 2.24) is 4.90 Å². The van der Waals surface area contributed by atoms with Gasteiger partial charge in [0.1, 0.15) is 18.5 Å². The smallest absolute Gasteiger partial charge is 0.457 e. The average molecular weight is 570 g/mol. The van der Waals surface area contributed by atoms with Gasteiger partial charge >= 0.3 is 12.2 Å². The lowest BCUT2D eigenvalue weighted by molar-refractivity contribution is -0.0161. The average Bonchev–Trinajstić information content (AvgIpc) is 3.01. The van der Waals surface area contributed by atoms with Crippen LogP contribution in [-0.2, 0) is 39.1 Å². The van der Waals surface area contributed by atoms with Crippen molar-refractivity contribution in [2.75, 3.05) is 13.3 Å². The fourth-order valence-corrected chi connectivity index (χ4v) is 7.43. The van der Waals surface area contributed by atoms with Crippen molar-refractivity contribution in [3.63, 3.8) is 0 Å². The summed E-state index contributed by atoms with van der Waals surface area (Å²) in [6.07, 6.45) is 5.66. The first-order chi connectivity index (χ1) is 20.5. The van der Waals surface area contributed by atoms with Gasteiger partial charge in [0.05, 0.1) is 0 Å². The molecule has 0 radical (unpaired) electrons. The number of piperidine rings is 1. The summed E-state index contributed by atoms with van der Waals surface area (Å²) in [7, 11) is 0. The summed E-state index contributed by atoms with van der Waals surface area (Å²) >= 11 is 0. The number of fused-ring (bicyclic) bond motifs is 1. The number of hydrogen-bond acceptors (Lipinski definition) is 6. The topological polar surface area (TPSA) is 74.3 Å². The first-order valence-electron chi connectivity index (χ1n) is 15.1. The summed E-state index contributed by atoms with van der Waals surface area (Å²) < 4.78 is 22.3. The van der Waals surface area contributed by atoms with Crippen LogP contribution in [0.3, 0.4) is 0 Å². The van der Waals surface area contributed by atoms with E-state index in [1.807, 2.05) is 78.6 Å². The quantitative estimate of drug-likeness (QED) is 0.211. The Bertz CT molecular complexity index is 1380. The Morgan fingerprint density at radius 2 is 1.69 bits per heavy atom. The van der Waals surface area contributed by atoms with Gasteiger partial charge in [0, 0.05) is 24.4 Å². The molecule has 1 unspecified atom stereocenters. The van der Waals surface area contributed by atoms with Crippen LogP contribution >= 0.6 is 0 Å². The third-order valence-corrected chi connectivity index (χ3v) is 9.31. The van der Waals surface area contributed by atoms with E-state index in [4.69, 9.17) is 18.9 Å². The molecule has 1 heterocycles. The fraction of sp³-hybridized carbons (Fsp3) is 0.429. The van der Waals surface area contributed by atoms with E-state index in [-0.39, 0.29) is 37.1 Å². The Balaban J connectivity index is 1.08. The van der Waals surface area contributed by atoms with Gasteiger partial charge in [-0.15, -0.1) is 0 Å². The van der Waals surface area contributed by atoms with Gasteiger partial charge < -0.3 is 23.8 Å². The van der Waals surface area contributed by atoms with E-state index in [1.165, 1.54) is 24.0 Å². The molecule has 2 aliphatic carbocycles. The molecule has 1 aliphatic heterocycles. The molecule has 0 spiro atoms. The number of nitrogens with zero attached hydrogens (tertiary/aromatic N) is 1. The molecule has 6 rings (SSSR count). The number of benzene rings is 3. The summed E-state index contributed by atoms with van der Waals surface area (Å²) in [5.74, 6) is 1.07. The zero-order valence-electron chi connectivity index (χ0n) is 24.2. The number of likely N-dealkylation sites (tertiary alicyclic amines) is 1. The van der Waals surface area contributed by atoms with Gasteiger partial charge in [0.2, 0.25) is 6.79 Å². The van der Waals surface area contributed by atoms with Crippen LogP contribution in [0.15, 0.2) is 78.9 Å². The standard InChI is InChI=1S/C35H39NO6/c1-25(20-26-10-4-2-5-11-26)42-34(38)41-24-40-29-16-15-28-21-32-30-14-8-9-17-35(30,31(28)22-29)18-19-36(32)33(37)39-23-27-12-6-3-7-13-27/h2-7,10-13,15-16,22,25,30,32H,8-9,14,17-21,23-24H2,1H3/t25?,30-,32-,35+/m1/s1. The van der Waals surface area contributed by atoms with E-state index in [0.717, 1.165) is 36.8 Å². The second-order valence-corrected chi connectivity index (χ2v) is 11.9. The number of rotatable bonds is 8. The highest BCUT2D eigenvalue weighted by atomic mass is 16.8. The molecule has 3 aliphatic rings. The normalized spacial score (nSPS) is 23.1. The molecule has 0 aromatic heterocycles. The third-order valence-electron chi connectivity index (χ3n) is 9.31. The fourth-order valence-electron chi connectivity index (χ4n) is 7.43. The molecule has 3 aromatic rings. The summed E-state index contributed by atoms with van der Waals surface area (Å²) in [6.45, 7) is 2.61. The van der Waals surface area contributed by atoms with Crippen molar-refractivity contribution in [2.45, 2.75) is 76.0 Å². The molecule has 1 saturated heterocycles. The van der Waals surface area contributed by atoms with Crippen molar-refractivity contribution in [2.24, 2.45) is 5.92 Å². The summed E-state index contributed by atoms with van der Waals surface area (Å²) in [6, 6.07) is 26.1. The molecular formula is C35H39NO6. The van der Waals surface area contributed by atoms with E-state index >= 15 is 0 Å². The van der Waals surface area contributed by atoms with Crippen molar-refractivity contribution in [3.05, 3.63) is 101 Å². The van der Waals surface area contributed by atoms with Crippen LogP contribution in [0, 0.1) is 5.92 Å². The number of amides is 1. The Morgan fingerprint density at radius 1 is 0.929 bits per heavy atom. The Labute approximate surface area is 247 Å². The van der Waals surface area contributed by atoms with Crippen molar-refractivity contribution >= 4 is 12.2 Å². The summed E-state index contributed by atoms with van der Waals surface area (Å²) in [5, 5.41) is 0. The van der Waals surface area contributed by atoms with Crippen LogP contribution in [0.1, 0.15) is 61.3 Å². The third kappa shape index (κ3) is 5.96. The summed E-state index contributed by atoms with van der Waals surface area (Å²) in [5.41, 5.74) is 4.72. The Kier molecular flexibility index (Phi) is 8.36. The highest BCUT2D eigenvalue weighted by molar-refractivity contribution is 5.69. The van der Waals surface area contributed by atoms with Crippen LogP contribution in [0.4, 0.5) is 9.59 Å². The zero-order valence-corrected chi connectivity index (χ0v) is 24.2. The lowest BCUT2D eigenvalue weighted by Gasteiger charge is -2.58. The van der Waals surface area contributed by atoms with Crippen LogP contribution in [0.2, 0.25) is 0 Å². The van der Waals surface area contributed by atoms with Gasteiger partial charge in [0.15, 0.2) is 0 Å². The molecule has 7 nitrogen and oxygen atoms in total. The van der Waals surface area contributed by atoms with E-state index < -0.39 is 6.16 Å². The maximum Gasteiger partial charge on any atom is 0.511 e. The molecule has 7 heteroatoms. The first-order valence-corrected chi connectivity index (χ1v) is 15.1. The van der Waals surface area contributed by atoms with Gasteiger partial charge in [-0.2, -0.15) is 0 Å². The van der Waals surface area contributed by atoms with E-state index in [9.17, 15) is 9.59 Å². The molecule has 42 heavy (non-hydrogen) atoms. The van der Waals surface area contributed by atoms with Crippen LogP contribution in [0.5, 0.6) is 5.75 Å². The van der Waals surface area contributed by atoms with Crippen LogP contribution < -0.4 is 4.74 Å². The van der Waals surface area contributed by atoms with Crippen LogP contribution in [-0.4, -0.2) is 42.6 Å². The zero-order chi connectivity index (χ0) is 28.9. The Hall–Kier alpha value is -4.00. The maximum atomic E-state index is 13.3. The SMILES string of the molecule is CC(Cc1ccccc1)OC(=O)OCOc1ccc2c(c1)[C@]13CCCC[C@@H]1[C@@H](C2)N(C(=O)OCc1ccccc1)CC3. The monoisotopic (exact) mass is 569 g/mol. The maximum absolute atomic E-state index is 13.3. The molecule has 3 aromatic carbocycles. The summed E-state index contributed by atoms with van der Waals surface area (Å²) in [4.78, 5) is 27.5. The van der Waals surface area contributed by atoms with Gasteiger partial charge in [0.25, 0.3) is 0 Å². The van der Waals surface area contributed by atoms with Crippen molar-refractivity contribution in [3.8, 4) is 5.75 Å². The largest absolute Gasteiger partial charge is 0.511 e. The molecule has 2 bridgehead atoms. The van der Waals surface area contributed by atoms with Crippen molar-refractivity contribution < 1.29 is 28.5 Å². The lowest BCUT2D eigenvalue weighted by atomic mass is 9.52. The minimum Gasteiger partial charge on any atom is -0.457 e. The minimum atomic E-state index is -0.739. The number of carbonyl (C=O) groups is 2. The lowest BCUT2D eigenvalue weighted by Crippen LogP contribution is -2.62. The molecule has 1 saturated carbocycles. The number of carbonyl (C=O) groups excluding carboxylic acids is 2. The number of hydrogen-bond donors (Lipinski definition) is 0. The second kappa shape index (κ2) is 12.5. The molecule has 2 fully saturated rings. The molecule has 0 N–H and O–H groups in total. The van der Waals surface area contributed by atoms with E-state index in [0.29, 0.717) is 24.6 Å². The molecule has 1 amide bonds. The predicted octanol–water partition coefficient (Wildman–Crippen LogP) is 7.20. The van der Waals surface area contributed by atoms with E-state index in [2.05, 4.69) is 12.1 Å². The van der Waals surface area contributed by atoms with Gasteiger partial charge in [-0.1, -0.05) is 79.6 Å². The highest BCUT2D eigenvalue weighted by Gasteiger charge is 2.55. The van der Waals surface area contributed by atoms with Gasteiger partial charge in [-0.25, -0.2) is 9.59 Å². The van der Waals surface area contributed by atoms with Gasteiger partial charge in [-0.05, 0) is 72.9 Å². The van der Waals surface area contributed by atoms with Gasteiger partial charge in [-0.3, -0.25) is 0 Å². The molecule has 220 valence electrons. The molecule has 4 atom stereocenters. The highest BCUT2D eigenvalue weighted by Crippen LogP contribution is 2.56. The minimum absolute atomic E-state index is 0.0265. The van der Waals surface area contributed by atoms with E-state index in [1.54, 1.807) is 0 Å². The van der Waals surface area contributed by atoms with Crippen molar-refractivity contribution in [1.29, 1.82) is 0 Å². The Morgan fingerprint density at radius 3 is 2.48 bits per heavy atom. The van der Waals surface area contributed by atoms with Crippen LogP contribution in [0.25, 0.3) is 0 Å². The molecular weight excluding hydrogens is 530 g/mol. The predicted molar refractivity (Wildman–Crippen MR) is 158 cm³/mol.